The number of aliphatic carboxylic acids is 1. The topological polar surface area (TPSA) is 78.9 Å². The fraction of sp³-hybridized carbons (Fsp3) is 0.308. The van der Waals surface area contributed by atoms with Gasteiger partial charge in [-0.2, -0.15) is 5.10 Å². The van der Waals surface area contributed by atoms with Gasteiger partial charge in [0.05, 0.1) is 11.6 Å². The maximum absolute atomic E-state index is 11.1. The number of H-pyrrole nitrogens is 1. The number of aromatic nitrogens is 3. The highest BCUT2D eigenvalue weighted by Crippen LogP contribution is 2.31. The molecule has 3 rings (SSSR count). The average molecular weight is 243 g/mol. The molecule has 2 heterocycles. The van der Waals surface area contributed by atoms with E-state index in [1.54, 1.807) is 6.20 Å². The van der Waals surface area contributed by atoms with Gasteiger partial charge in [-0.1, -0.05) is 6.07 Å². The van der Waals surface area contributed by atoms with Crippen molar-refractivity contribution in [3.8, 4) is 11.4 Å². The Morgan fingerprint density at radius 3 is 3.06 bits per heavy atom. The number of rotatable bonds is 2. The SMILES string of the molecule is O=C(O)C1CCc2[nH]nc(-c3ccccn3)c2C1. The van der Waals surface area contributed by atoms with Crippen molar-refractivity contribution in [1.82, 2.24) is 15.2 Å². The Kier molecular flexibility index (Phi) is 2.59. The molecule has 0 fully saturated rings. The predicted molar refractivity (Wildman–Crippen MR) is 65.0 cm³/mol. The van der Waals surface area contributed by atoms with Gasteiger partial charge in [0.25, 0.3) is 0 Å². The molecule has 1 atom stereocenters. The first-order chi connectivity index (χ1) is 8.75. The Balaban J connectivity index is 2.00. The second kappa shape index (κ2) is 4.25. The van der Waals surface area contributed by atoms with Crippen LogP contribution in [0.4, 0.5) is 0 Å². The summed E-state index contributed by atoms with van der Waals surface area (Å²) in [5.74, 6) is -1.04. The van der Waals surface area contributed by atoms with Crippen molar-refractivity contribution >= 4 is 5.97 Å². The van der Waals surface area contributed by atoms with Crippen LogP contribution in [0.5, 0.6) is 0 Å². The molecule has 1 aliphatic rings. The van der Waals surface area contributed by atoms with Crippen molar-refractivity contribution in [3.05, 3.63) is 35.7 Å². The zero-order valence-electron chi connectivity index (χ0n) is 9.76. The second-order valence-corrected chi connectivity index (χ2v) is 4.52. The number of aromatic amines is 1. The lowest BCUT2D eigenvalue weighted by molar-refractivity contribution is -0.142. The van der Waals surface area contributed by atoms with Gasteiger partial charge in [-0.25, -0.2) is 0 Å². The molecule has 92 valence electrons. The number of pyridine rings is 1. The number of nitrogens with zero attached hydrogens (tertiary/aromatic N) is 2. The summed E-state index contributed by atoms with van der Waals surface area (Å²) in [6.45, 7) is 0. The van der Waals surface area contributed by atoms with E-state index >= 15 is 0 Å². The molecule has 0 saturated heterocycles. The molecule has 18 heavy (non-hydrogen) atoms. The van der Waals surface area contributed by atoms with Crippen LogP contribution in [0.15, 0.2) is 24.4 Å². The molecule has 5 heteroatoms. The average Bonchev–Trinajstić information content (AvgIpc) is 2.82. The van der Waals surface area contributed by atoms with Gasteiger partial charge in [0.15, 0.2) is 0 Å². The largest absolute Gasteiger partial charge is 0.481 e. The minimum Gasteiger partial charge on any atom is -0.481 e. The van der Waals surface area contributed by atoms with Gasteiger partial charge in [0.1, 0.15) is 5.69 Å². The minimum absolute atomic E-state index is 0.308. The normalized spacial score (nSPS) is 18.3. The van der Waals surface area contributed by atoms with Gasteiger partial charge in [-0.15, -0.1) is 0 Å². The third kappa shape index (κ3) is 1.77. The van der Waals surface area contributed by atoms with Crippen LogP contribution in [-0.2, 0) is 17.6 Å². The molecule has 0 aromatic carbocycles. The van der Waals surface area contributed by atoms with Crippen LogP contribution in [0.25, 0.3) is 11.4 Å². The molecular formula is C13H13N3O2. The summed E-state index contributed by atoms with van der Waals surface area (Å²) in [5.41, 5.74) is 3.64. The molecule has 5 nitrogen and oxygen atoms in total. The van der Waals surface area contributed by atoms with Crippen LogP contribution < -0.4 is 0 Å². The van der Waals surface area contributed by atoms with E-state index in [2.05, 4.69) is 15.2 Å². The zero-order valence-corrected chi connectivity index (χ0v) is 9.76. The van der Waals surface area contributed by atoms with Crippen molar-refractivity contribution in [1.29, 1.82) is 0 Å². The highest BCUT2D eigenvalue weighted by atomic mass is 16.4. The Hall–Kier alpha value is -2.17. The van der Waals surface area contributed by atoms with Crippen LogP contribution in [0, 0.1) is 5.92 Å². The number of fused-ring (bicyclic) bond motifs is 1. The molecule has 1 aliphatic carbocycles. The number of carboxylic acids is 1. The van der Waals surface area contributed by atoms with Crippen molar-refractivity contribution in [2.75, 3.05) is 0 Å². The standard InChI is InChI=1S/C13H13N3O2/c17-13(18)8-4-5-10-9(7-8)12(16-15-10)11-3-1-2-6-14-11/h1-3,6,8H,4-5,7H2,(H,15,16)(H,17,18). The molecule has 0 saturated carbocycles. The molecule has 0 bridgehead atoms. The van der Waals surface area contributed by atoms with E-state index in [9.17, 15) is 4.79 Å². The van der Waals surface area contributed by atoms with Crippen molar-refractivity contribution in [2.45, 2.75) is 19.3 Å². The van der Waals surface area contributed by atoms with E-state index in [-0.39, 0.29) is 5.92 Å². The third-order valence-electron chi connectivity index (χ3n) is 3.40. The maximum atomic E-state index is 11.1. The number of carbonyl (C=O) groups is 1. The van der Waals surface area contributed by atoms with Crippen LogP contribution in [0.2, 0.25) is 0 Å². The Labute approximate surface area is 104 Å². The first-order valence-electron chi connectivity index (χ1n) is 5.96. The van der Waals surface area contributed by atoms with Gasteiger partial charge >= 0.3 is 5.97 Å². The fourth-order valence-electron chi connectivity index (χ4n) is 2.42. The van der Waals surface area contributed by atoms with E-state index in [1.165, 1.54) is 0 Å². The van der Waals surface area contributed by atoms with Crippen LogP contribution in [0.1, 0.15) is 17.7 Å². The minimum atomic E-state index is -0.728. The number of carboxylic acid groups (broad SMARTS) is 1. The van der Waals surface area contributed by atoms with Gasteiger partial charge < -0.3 is 5.11 Å². The summed E-state index contributed by atoms with van der Waals surface area (Å²) in [6, 6.07) is 5.64. The van der Waals surface area contributed by atoms with Crippen molar-refractivity contribution in [3.63, 3.8) is 0 Å². The van der Waals surface area contributed by atoms with E-state index in [0.717, 1.165) is 29.1 Å². The van der Waals surface area contributed by atoms with E-state index < -0.39 is 5.97 Å². The van der Waals surface area contributed by atoms with Crippen LogP contribution >= 0.6 is 0 Å². The molecule has 0 radical (unpaired) electrons. The van der Waals surface area contributed by atoms with E-state index in [0.29, 0.717) is 12.8 Å². The summed E-state index contributed by atoms with van der Waals surface area (Å²) >= 11 is 0. The van der Waals surface area contributed by atoms with Gasteiger partial charge in [0, 0.05) is 17.5 Å². The summed E-state index contributed by atoms with van der Waals surface area (Å²) in [6.07, 6.45) is 3.67. The number of hydrogen-bond donors (Lipinski definition) is 2. The van der Waals surface area contributed by atoms with Crippen molar-refractivity contribution in [2.24, 2.45) is 5.92 Å². The molecule has 0 amide bonds. The second-order valence-electron chi connectivity index (χ2n) is 4.52. The summed E-state index contributed by atoms with van der Waals surface area (Å²) in [5, 5.41) is 16.4. The summed E-state index contributed by atoms with van der Waals surface area (Å²) in [7, 11) is 0. The first kappa shape index (κ1) is 11.0. The number of hydrogen-bond acceptors (Lipinski definition) is 3. The van der Waals surface area contributed by atoms with Gasteiger partial charge in [0.2, 0.25) is 0 Å². The van der Waals surface area contributed by atoms with E-state index in [1.807, 2.05) is 18.2 Å². The summed E-state index contributed by atoms with van der Waals surface area (Å²) < 4.78 is 0. The lowest BCUT2D eigenvalue weighted by Crippen LogP contribution is -2.22. The highest BCUT2D eigenvalue weighted by Gasteiger charge is 2.28. The van der Waals surface area contributed by atoms with Crippen LogP contribution in [0.3, 0.4) is 0 Å². The molecule has 0 aliphatic heterocycles. The molecule has 2 aromatic heterocycles. The Morgan fingerprint density at radius 2 is 2.33 bits per heavy atom. The fourth-order valence-corrected chi connectivity index (χ4v) is 2.42. The Bertz CT molecular complexity index is 577. The molecule has 1 unspecified atom stereocenters. The lowest BCUT2D eigenvalue weighted by atomic mass is 9.86. The third-order valence-corrected chi connectivity index (χ3v) is 3.40. The lowest BCUT2D eigenvalue weighted by Gasteiger charge is -2.18. The highest BCUT2D eigenvalue weighted by molar-refractivity contribution is 5.72. The van der Waals surface area contributed by atoms with Gasteiger partial charge in [-0.05, 0) is 31.4 Å². The molecule has 2 N–H and O–H groups in total. The predicted octanol–water partition coefficient (Wildman–Crippen LogP) is 1.66. The maximum Gasteiger partial charge on any atom is 0.306 e. The summed E-state index contributed by atoms with van der Waals surface area (Å²) in [4.78, 5) is 15.4. The van der Waals surface area contributed by atoms with Gasteiger partial charge in [-0.3, -0.25) is 14.9 Å². The molecule has 2 aromatic rings. The molecular weight excluding hydrogens is 230 g/mol. The smallest absolute Gasteiger partial charge is 0.306 e. The number of nitrogens with one attached hydrogen (secondary N) is 1. The zero-order chi connectivity index (χ0) is 12.5. The van der Waals surface area contributed by atoms with Crippen LogP contribution in [-0.4, -0.2) is 26.3 Å². The van der Waals surface area contributed by atoms with E-state index in [4.69, 9.17) is 5.11 Å². The van der Waals surface area contributed by atoms with Crippen molar-refractivity contribution < 1.29 is 9.90 Å². The first-order valence-corrected chi connectivity index (χ1v) is 5.96. The quantitative estimate of drug-likeness (QED) is 0.840. The molecule has 0 spiro atoms. The monoisotopic (exact) mass is 243 g/mol. The number of aryl methyl sites for hydroxylation is 1. The Morgan fingerprint density at radius 1 is 1.44 bits per heavy atom.